The Balaban J connectivity index is 2.36. The Hall–Kier alpha value is -1.04. The maximum Gasteiger partial charge on any atom is 0.317 e. The molecule has 0 spiro atoms. The third kappa shape index (κ3) is 3.02. The van der Waals surface area contributed by atoms with E-state index in [4.69, 9.17) is 0 Å². The molecule has 1 rings (SSSR count). The van der Waals surface area contributed by atoms with E-state index in [9.17, 15) is 13.2 Å². The molecule has 2 amide bonds. The maximum absolute atomic E-state index is 11.0. The third-order valence-corrected chi connectivity index (χ3v) is 2.66. The van der Waals surface area contributed by atoms with Crippen LogP contribution >= 0.6 is 0 Å². The normalized spacial score (nSPS) is 18.3. The van der Waals surface area contributed by atoms with E-state index in [1.165, 1.54) is 5.41 Å². The van der Waals surface area contributed by atoms with Crippen molar-refractivity contribution in [3.8, 4) is 0 Å². The molecule has 0 unspecified atom stereocenters. The molecule has 1 aliphatic heterocycles. The van der Waals surface area contributed by atoms with Crippen molar-refractivity contribution in [2.75, 3.05) is 26.4 Å². The fourth-order valence-electron chi connectivity index (χ4n) is 1.21. The molecule has 0 aromatic carbocycles. The average Bonchev–Trinajstić information content (AvgIpc) is 1.98. The molecular formula is C8H14N2O3S. The van der Waals surface area contributed by atoms with Crippen LogP contribution in [0.1, 0.15) is 0 Å². The maximum atomic E-state index is 11.0. The largest absolute Gasteiger partial charge is 0.341 e. The zero-order chi connectivity index (χ0) is 10.8. The number of sulfone groups is 1. The summed E-state index contributed by atoms with van der Waals surface area (Å²) < 4.78 is 21.5. The van der Waals surface area contributed by atoms with E-state index in [0.29, 0.717) is 13.1 Å². The minimum atomic E-state index is -3.04. The highest BCUT2D eigenvalue weighted by molar-refractivity contribution is 7.93. The van der Waals surface area contributed by atoms with Gasteiger partial charge in [-0.2, -0.15) is 0 Å². The van der Waals surface area contributed by atoms with Crippen molar-refractivity contribution in [3.63, 3.8) is 0 Å². The van der Waals surface area contributed by atoms with Crippen LogP contribution in [-0.4, -0.2) is 45.7 Å². The van der Waals surface area contributed by atoms with E-state index in [2.05, 4.69) is 5.32 Å². The van der Waals surface area contributed by atoms with Crippen LogP contribution in [0.2, 0.25) is 0 Å². The Morgan fingerprint density at radius 1 is 1.50 bits per heavy atom. The van der Waals surface area contributed by atoms with E-state index in [1.54, 1.807) is 18.0 Å². The lowest BCUT2D eigenvalue weighted by molar-refractivity contribution is 0.143. The second-order valence-corrected chi connectivity index (χ2v) is 5.31. The molecule has 14 heavy (non-hydrogen) atoms. The first-order chi connectivity index (χ1) is 6.42. The number of nitrogens with zero attached hydrogens (tertiary/aromatic N) is 1. The van der Waals surface area contributed by atoms with Gasteiger partial charge in [-0.25, -0.2) is 13.2 Å². The number of rotatable bonds is 2. The summed E-state index contributed by atoms with van der Waals surface area (Å²) in [5.41, 5.74) is 0. The molecule has 1 aliphatic rings. The average molecular weight is 218 g/mol. The molecule has 6 heteroatoms. The first-order valence-corrected chi connectivity index (χ1v) is 6.23. The van der Waals surface area contributed by atoms with Crippen LogP contribution in [0.4, 0.5) is 4.79 Å². The predicted octanol–water partition coefficient (Wildman–Crippen LogP) is -0.184. The van der Waals surface area contributed by atoms with Gasteiger partial charge in [0.05, 0.1) is 0 Å². The van der Waals surface area contributed by atoms with Crippen molar-refractivity contribution < 1.29 is 13.2 Å². The molecular weight excluding hydrogens is 204 g/mol. The van der Waals surface area contributed by atoms with Gasteiger partial charge in [0.15, 0.2) is 9.84 Å². The minimum absolute atomic E-state index is 0.117. The molecule has 0 aliphatic carbocycles. The molecule has 0 saturated carbocycles. The highest BCUT2D eigenvalue weighted by atomic mass is 32.2. The number of carbonyl (C=O) groups excluding carboxylic acids is 1. The Bertz CT molecular complexity index is 342. The van der Waals surface area contributed by atoms with Gasteiger partial charge in [-0.15, -0.1) is 0 Å². The standard InChI is InChI=1S/C8H14N2O3S/c1-9-8(11)10-5-7(6-10)3-4-14(2,12)13/h3-4,7H,5-6H2,1-2H3,(H,9,11)/b4-3+. The van der Waals surface area contributed by atoms with Gasteiger partial charge in [-0.1, -0.05) is 6.08 Å². The van der Waals surface area contributed by atoms with Gasteiger partial charge in [0.25, 0.3) is 0 Å². The molecule has 0 aromatic rings. The van der Waals surface area contributed by atoms with Crippen LogP contribution < -0.4 is 5.32 Å². The number of nitrogens with one attached hydrogen (secondary N) is 1. The van der Waals surface area contributed by atoms with Crippen molar-refractivity contribution in [2.45, 2.75) is 0 Å². The Kier molecular flexibility index (Phi) is 3.15. The lowest BCUT2D eigenvalue weighted by Gasteiger charge is -2.37. The zero-order valence-electron chi connectivity index (χ0n) is 8.23. The molecule has 80 valence electrons. The summed E-state index contributed by atoms with van der Waals surface area (Å²) in [6.07, 6.45) is 2.79. The lowest BCUT2D eigenvalue weighted by atomic mass is 10.0. The monoisotopic (exact) mass is 218 g/mol. The zero-order valence-corrected chi connectivity index (χ0v) is 9.04. The predicted molar refractivity (Wildman–Crippen MR) is 53.5 cm³/mol. The molecule has 0 atom stereocenters. The molecule has 1 fully saturated rings. The summed E-state index contributed by atoms with van der Waals surface area (Å²) in [6.45, 7) is 1.18. The van der Waals surface area contributed by atoms with Crippen LogP contribution in [0.3, 0.4) is 0 Å². The van der Waals surface area contributed by atoms with E-state index < -0.39 is 9.84 Å². The van der Waals surface area contributed by atoms with Gasteiger partial charge in [0.2, 0.25) is 0 Å². The van der Waals surface area contributed by atoms with Crippen molar-refractivity contribution in [3.05, 3.63) is 11.5 Å². The van der Waals surface area contributed by atoms with Crippen molar-refractivity contribution in [2.24, 2.45) is 5.92 Å². The van der Waals surface area contributed by atoms with Crippen LogP contribution in [-0.2, 0) is 9.84 Å². The van der Waals surface area contributed by atoms with E-state index >= 15 is 0 Å². The van der Waals surface area contributed by atoms with Gasteiger partial charge in [0, 0.05) is 37.7 Å². The SMILES string of the molecule is CNC(=O)N1CC(/C=C/S(C)(=O)=O)C1. The molecule has 1 N–H and O–H groups in total. The molecule has 1 heterocycles. The molecule has 0 radical (unpaired) electrons. The fourth-order valence-corrected chi connectivity index (χ4v) is 1.72. The number of hydrogen-bond acceptors (Lipinski definition) is 3. The summed E-state index contributed by atoms with van der Waals surface area (Å²) in [4.78, 5) is 12.6. The highest BCUT2D eigenvalue weighted by Crippen LogP contribution is 2.16. The van der Waals surface area contributed by atoms with Crippen LogP contribution in [0, 0.1) is 5.92 Å². The minimum Gasteiger partial charge on any atom is -0.341 e. The van der Waals surface area contributed by atoms with Crippen molar-refractivity contribution in [1.29, 1.82) is 0 Å². The summed E-state index contributed by atoms with van der Waals surface area (Å²) >= 11 is 0. The fraction of sp³-hybridized carbons (Fsp3) is 0.625. The highest BCUT2D eigenvalue weighted by Gasteiger charge is 2.28. The van der Waals surface area contributed by atoms with Gasteiger partial charge >= 0.3 is 6.03 Å². The van der Waals surface area contributed by atoms with Crippen LogP contribution in [0.25, 0.3) is 0 Å². The summed E-state index contributed by atoms with van der Waals surface area (Å²) in [7, 11) is -1.47. The van der Waals surface area contributed by atoms with Gasteiger partial charge in [-0.05, 0) is 0 Å². The molecule has 0 bridgehead atoms. The van der Waals surface area contributed by atoms with Crippen molar-refractivity contribution >= 4 is 15.9 Å². The quantitative estimate of drug-likeness (QED) is 0.699. The smallest absolute Gasteiger partial charge is 0.317 e. The van der Waals surface area contributed by atoms with E-state index in [0.717, 1.165) is 6.26 Å². The second-order valence-electron chi connectivity index (χ2n) is 3.38. The molecule has 5 nitrogen and oxygen atoms in total. The topological polar surface area (TPSA) is 66.5 Å². The Labute approximate surface area is 83.7 Å². The van der Waals surface area contributed by atoms with Crippen LogP contribution in [0.15, 0.2) is 11.5 Å². The molecule has 0 aromatic heterocycles. The van der Waals surface area contributed by atoms with Gasteiger partial charge in [-0.3, -0.25) is 0 Å². The first-order valence-electron chi connectivity index (χ1n) is 4.27. The van der Waals surface area contributed by atoms with Gasteiger partial charge < -0.3 is 10.2 Å². The third-order valence-electron chi connectivity index (χ3n) is 2.01. The number of carbonyl (C=O) groups is 1. The molecule has 1 saturated heterocycles. The summed E-state index contributed by atoms with van der Waals surface area (Å²) in [6, 6.07) is -0.117. The van der Waals surface area contributed by atoms with Crippen molar-refractivity contribution in [1.82, 2.24) is 10.2 Å². The first kappa shape index (κ1) is 11.0. The Morgan fingerprint density at radius 2 is 2.07 bits per heavy atom. The van der Waals surface area contributed by atoms with Gasteiger partial charge in [0.1, 0.15) is 0 Å². The van der Waals surface area contributed by atoms with Crippen LogP contribution in [0.5, 0.6) is 0 Å². The number of hydrogen-bond donors (Lipinski definition) is 1. The number of urea groups is 1. The van der Waals surface area contributed by atoms with E-state index in [1.807, 2.05) is 0 Å². The summed E-state index contributed by atoms with van der Waals surface area (Å²) in [5, 5.41) is 3.70. The second kappa shape index (κ2) is 4.00. The number of likely N-dealkylation sites (tertiary alicyclic amines) is 1. The Morgan fingerprint density at radius 3 is 2.50 bits per heavy atom. The number of amides is 2. The lowest BCUT2D eigenvalue weighted by Crippen LogP contribution is -2.52. The van der Waals surface area contributed by atoms with E-state index in [-0.39, 0.29) is 11.9 Å². The summed E-state index contributed by atoms with van der Waals surface area (Å²) in [5.74, 6) is 0.169.